The maximum Gasteiger partial charge on any atom is 0.119 e. The highest BCUT2D eigenvalue weighted by Crippen LogP contribution is 2.21. The van der Waals surface area contributed by atoms with Crippen molar-refractivity contribution in [2.75, 3.05) is 13.3 Å². The second-order valence-corrected chi connectivity index (χ2v) is 5.17. The number of ether oxygens (including phenoxy) is 1. The van der Waals surface area contributed by atoms with Gasteiger partial charge < -0.3 is 14.5 Å². The first kappa shape index (κ1) is 14.0. The number of hydrogen-bond acceptors (Lipinski definition) is 4. The van der Waals surface area contributed by atoms with E-state index < -0.39 is 0 Å². The predicted octanol–water partition coefficient (Wildman–Crippen LogP) is 3.61. The van der Waals surface area contributed by atoms with Crippen LogP contribution in [0.2, 0.25) is 0 Å². The summed E-state index contributed by atoms with van der Waals surface area (Å²) in [6.45, 7) is 3.25. The Balaban J connectivity index is 1.97. The first-order valence-electron chi connectivity index (χ1n) is 6.22. The minimum absolute atomic E-state index is 0.539. The molecule has 0 aliphatic carbocycles. The van der Waals surface area contributed by atoms with Crippen molar-refractivity contribution in [3.63, 3.8) is 0 Å². The number of benzene rings is 1. The molecule has 0 amide bonds. The van der Waals surface area contributed by atoms with E-state index in [9.17, 15) is 0 Å². The lowest BCUT2D eigenvalue weighted by molar-refractivity contribution is 0.303. The number of nitrogens with one attached hydrogen (secondary N) is 1. The Morgan fingerprint density at radius 1 is 1.26 bits per heavy atom. The van der Waals surface area contributed by atoms with E-state index in [1.807, 2.05) is 32.2 Å². The quantitative estimate of drug-likeness (QED) is 0.818. The molecule has 0 bridgehead atoms. The van der Waals surface area contributed by atoms with Gasteiger partial charge in [0.2, 0.25) is 0 Å². The number of aryl methyl sites for hydroxylation is 1. The van der Waals surface area contributed by atoms with Gasteiger partial charge in [-0.2, -0.15) is 0 Å². The monoisotopic (exact) mass is 277 g/mol. The van der Waals surface area contributed by atoms with Crippen LogP contribution in [-0.4, -0.2) is 13.3 Å². The molecule has 2 rings (SSSR count). The van der Waals surface area contributed by atoms with Crippen LogP contribution in [-0.2, 0) is 13.2 Å². The Kier molecular flexibility index (Phi) is 4.93. The predicted molar refractivity (Wildman–Crippen MR) is 78.8 cm³/mol. The Morgan fingerprint density at radius 2 is 2.00 bits per heavy atom. The van der Waals surface area contributed by atoms with Crippen LogP contribution >= 0.6 is 11.8 Å². The van der Waals surface area contributed by atoms with Crippen molar-refractivity contribution in [3.8, 4) is 5.75 Å². The number of hydrogen-bond donors (Lipinski definition) is 1. The van der Waals surface area contributed by atoms with Crippen molar-refractivity contribution in [2.24, 2.45) is 0 Å². The minimum atomic E-state index is 0.539. The fraction of sp³-hybridized carbons (Fsp3) is 0.333. The van der Waals surface area contributed by atoms with E-state index in [0.717, 1.165) is 29.4 Å². The van der Waals surface area contributed by atoms with Gasteiger partial charge >= 0.3 is 0 Å². The summed E-state index contributed by atoms with van der Waals surface area (Å²) in [5.41, 5.74) is 1.10. The van der Waals surface area contributed by atoms with Gasteiger partial charge in [0.25, 0.3) is 0 Å². The number of furan rings is 1. The van der Waals surface area contributed by atoms with Crippen LogP contribution in [0, 0.1) is 6.92 Å². The maximum absolute atomic E-state index is 5.77. The number of thioether (sulfide) groups is 1. The number of rotatable bonds is 6. The lowest BCUT2D eigenvalue weighted by Crippen LogP contribution is -2.03. The maximum atomic E-state index is 5.77. The molecule has 1 heterocycles. The molecule has 1 aromatic heterocycles. The van der Waals surface area contributed by atoms with Crippen LogP contribution in [0.1, 0.15) is 17.1 Å². The first-order valence-corrected chi connectivity index (χ1v) is 7.45. The van der Waals surface area contributed by atoms with E-state index in [1.54, 1.807) is 11.8 Å². The Morgan fingerprint density at radius 3 is 2.63 bits per heavy atom. The molecule has 0 spiro atoms. The summed E-state index contributed by atoms with van der Waals surface area (Å²) in [5.74, 6) is 2.75. The van der Waals surface area contributed by atoms with Crippen molar-refractivity contribution in [3.05, 3.63) is 47.4 Å². The normalized spacial score (nSPS) is 10.7. The van der Waals surface area contributed by atoms with Gasteiger partial charge in [0.15, 0.2) is 0 Å². The highest BCUT2D eigenvalue weighted by atomic mass is 32.2. The van der Waals surface area contributed by atoms with E-state index >= 15 is 0 Å². The molecule has 0 fully saturated rings. The molecule has 3 nitrogen and oxygen atoms in total. The Bertz CT molecular complexity index is 519. The highest BCUT2D eigenvalue weighted by molar-refractivity contribution is 7.98. The van der Waals surface area contributed by atoms with Gasteiger partial charge in [0, 0.05) is 10.5 Å². The Labute approximate surface area is 118 Å². The molecule has 0 saturated carbocycles. The minimum Gasteiger partial charge on any atom is -0.489 e. The van der Waals surface area contributed by atoms with E-state index in [1.165, 1.54) is 4.90 Å². The summed E-state index contributed by atoms with van der Waals surface area (Å²) in [4.78, 5) is 1.24. The van der Waals surface area contributed by atoms with Gasteiger partial charge in [0.1, 0.15) is 23.9 Å². The van der Waals surface area contributed by atoms with E-state index in [-0.39, 0.29) is 0 Å². The van der Waals surface area contributed by atoms with Gasteiger partial charge in [-0.15, -0.1) is 11.8 Å². The zero-order valence-corrected chi connectivity index (χ0v) is 12.3. The largest absolute Gasteiger partial charge is 0.489 e. The molecule has 0 aliphatic heterocycles. The van der Waals surface area contributed by atoms with E-state index in [4.69, 9.17) is 9.15 Å². The summed E-state index contributed by atoms with van der Waals surface area (Å²) in [6, 6.07) is 10.2. The van der Waals surface area contributed by atoms with Gasteiger partial charge in [-0.3, -0.25) is 0 Å². The van der Waals surface area contributed by atoms with Crippen molar-refractivity contribution in [1.29, 1.82) is 0 Å². The molecular formula is C15H19NO2S. The smallest absolute Gasteiger partial charge is 0.119 e. The summed E-state index contributed by atoms with van der Waals surface area (Å²) in [7, 11) is 1.90. The van der Waals surface area contributed by atoms with Crippen LogP contribution in [0.4, 0.5) is 0 Å². The van der Waals surface area contributed by atoms with Crippen molar-refractivity contribution >= 4 is 11.8 Å². The van der Waals surface area contributed by atoms with Crippen molar-refractivity contribution in [2.45, 2.75) is 25.0 Å². The first-order chi connectivity index (χ1) is 9.22. The van der Waals surface area contributed by atoms with Gasteiger partial charge in [-0.05, 0) is 50.6 Å². The summed E-state index contributed by atoms with van der Waals surface area (Å²) in [5, 5.41) is 3.07. The zero-order valence-electron chi connectivity index (χ0n) is 11.5. The molecule has 0 saturated heterocycles. The van der Waals surface area contributed by atoms with Gasteiger partial charge in [-0.1, -0.05) is 0 Å². The molecule has 102 valence electrons. The average molecular weight is 277 g/mol. The highest BCUT2D eigenvalue weighted by Gasteiger charge is 2.07. The van der Waals surface area contributed by atoms with Gasteiger partial charge in [0.05, 0.1) is 6.54 Å². The molecule has 0 unspecified atom stereocenters. The Hall–Kier alpha value is -1.39. The molecule has 1 aromatic carbocycles. The average Bonchev–Trinajstić information content (AvgIpc) is 2.78. The van der Waals surface area contributed by atoms with Crippen molar-refractivity contribution in [1.82, 2.24) is 5.32 Å². The SMILES string of the molecule is CNCc1cc(COc2ccc(SC)cc2)c(C)o1. The second-order valence-electron chi connectivity index (χ2n) is 4.29. The molecule has 2 aromatic rings. The van der Waals surface area contributed by atoms with Crippen LogP contribution in [0.5, 0.6) is 5.75 Å². The molecule has 1 N–H and O–H groups in total. The third-order valence-electron chi connectivity index (χ3n) is 2.88. The third kappa shape index (κ3) is 3.78. The van der Waals surface area contributed by atoms with E-state index in [2.05, 4.69) is 23.7 Å². The topological polar surface area (TPSA) is 34.4 Å². The standard InChI is InChI=1S/C15H19NO2S/c1-11-12(8-14(18-11)9-16-2)10-17-13-4-6-15(19-3)7-5-13/h4-8,16H,9-10H2,1-3H3. The molecular weight excluding hydrogens is 258 g/mol. The summed E-state index contributed by atoms with van der Waals surface area (Å²) < 4.78 is 11.4. The fourth-order valence-corrected chi connectivity index (χ4v) is 2.23. The zero-order chi connectivity index (χ0) is 13.7. The molecule has 0 atom stereocenters. The molecule has 0 radical (unpaired) electrons. The second kappa shape index (κ2) is 6.68. The fourth-order valence-electron chi connectivity index (χ4n) is 1.83. The molecule has 0 aliphatic rings. The van der Waals surface area contributed by atoms with Crippen LogP contribution in [0.3, 0.4) is 0 Å². The van der Waals surface area contributed by atoms with E-state index in [0.29, 0.717) is 6.61 Å². The molecule has 4 heteroatoms. The summed E-state index contributed by atoms with van der Waals surface area (Å²) >= 11 is 1.73. The van der Waals surface area contributed by atoms with Crippen LogP contribution < -0.4 is 10.1 Å². The lowest BCUT2D eigenvalue weighted by atomic mass is 10.2. The molecule has 19 heavy (non-hydrogen) atoms. The summed E-state index contributed by atoms with van der Waals surface area (Å²) in [6.07, 6.45) is 2.06. The van der Waals surface area contributed by atoms with Crippen molar-refractivity contribution < 1.29 is 9.15 Å². The lowest BCUT2D eigenvalue weighted by Gasteiger charge is -2.05. The van der Waals surface area contributed by atoms with Gasteiger partial charge in [-0.25, -0.2) is 0 Å². The third-order valence-corrected chi connectivity index (χ3v) is 3.62. The van der Waals surface area contributed by atoms with Crippen LogP contribution in [0.15, 0.2) is 39.6 Å². The van der Waals surface area contributed by atoms with Crippen LogP contribution in [0.25, 0.3) is 0 Å².